The first-order valence-corrected chi connectivity index (χ1v) is 18.8. The largest absolute Gasteiger partial charge is 0.708 e. The molecular weight excluding hydrogens is 757 g/mol. The molecule has 56 heavy (non-hydrogen) atoms. The van der Waals surface area contributed by atoms with E-state index in [0.29, 0.717) is 83.1 Å². The second-order valence-corrected chi connectivity index (χ2v) is 14.5. The molecule has 1 atom stereocenters. The molecule has 282 valence electrons. The number of para-hydroxylation sites is 1. The lowest BCUT2D eigenvalue weighted by Gasteiger charge is -2.21. The highest BCUT2D eigenvalue weighted by Crippen LogP contribution is 2.49. The zero-order valence-electron chi connectivity index (χ0n) is 30.1. The third-order valence-electron chi connectivity index (χ3n) is 9.57. The summed E-state index contributed by atoms with van der Waals surface area (Å²) in [6.07, 6.45) is 1.60. The molecule has 0 unspecified atom stereocenters. The van der Waals surface area contributed by atoms with Gasteiger partial charge in [0, 0.05) is 29.6 Å². The number of hydrogen-bond acceptors (Lipinski definition) is 10. The monoisotopic (exact) mass is 789 g/mol. The summed E-state index contributed by atoms with van der Waals surface area (Å²) in [7, 11) is 1.58. The first kappa shape index (κ1) is 36.7. The lowest BCUT2D eigenvalue weighted by Crippen LogP contribution is -2.37. The summed E-state index contributed by atoms with van der Waals surface area (Å²) < 4.78 is 32.6. The Morgan fingerprint density at radius 3 is 2.70 bits per heavy atom. The van der Waals surface area contributed by atoms with E-state index in [1.807, 2.05) is 55.5 Å². The molecule has 0 aliphatic carbocycles. The van der Waals surface area contributed by atoms with Crippen LogP contribution >= 0.6 is 22.9 Å². The number of thiophene rings is 1. The molecule has 0 spiro atoms. The van der Waals surface area contributed by atoms with Crippen molar-refractivity contribution in [3.8, 4) is 50.3 Å². The molecule has 0 fully saturated rings. The van der Waals surface area contributed by atoms with Crippen LogP contribution in [0.3, 0.4) is 0 Å². The van der Waals surface area contributed by atoms with Gasteiger partial charge >= 0.3 is 11.8 Å². The van der Waals surface area contributed by atoms with Crippen molar-refractivity contribution < 1.29 is 33.2 Å². The molecule has 7 aromatic rings. The number of nitrogens with zero attached hydrogens (tertiary/aromatic N) is 4. The minimum Gasteiger partial charge on any atom is -0.708 e. The minimum absolute atomic E-state index is 0.0561. The number of nitrogens with one attached hydrogen (secondary N) is 1. The molecule has 9 rings (SSSR count). The van der Waals surface area contributed by atoms with Crippen LogP contribution in [0.2, 0.25) is 5.02 Å². The first-order chi connectivity index (χ1) is 27.2. The predicted octanol–water partition coefficient (Wildman–Crippen LogP) is 8.45. The Kier molecular flexibility index (Phi) is 10.1. The van der Waals surface area contributed by atoms with Gasteiger partial charge < -0.3 is 29.8 Å². The van der Waals surface area contributed by atoms with Crippen LogP contribution in [0.25, 0.3) is 43.2 Å². The van der Waals surface area contributed by atoms with Crippen molar-refractivity contribution in [3.63, 3.8) is 0 Å². The van der Waals surface area contributed by atoms with Crippen molar-refractivity contribution in [1.82, 2.24) is 15.0 Å². The van der Waals surface area contributed by atoms with E-state index >= 15 is 0 Å². The van der Waals surface area contributed by atoms with Gasteiger partial charge in [-0.1, -0.05) is 65.4 Å². The molecule has 4 bridgehead atoms. The molecular formula is C42H33ClFN5O6S. The number of ether oxygens (including phenoxy) is 3. The molecule has 0 amide bonds. The summed E-state index contributed by atoms with van der Waals surface area (Å²) >= 11 is 8.28. The highest BCUT2D eigenvalue weighted by Gasteiger charge is 2.32. The van der Waals surface area contributed by atoms with Crippen LogP contribution in [0.1, 0.15) is 22.4 Å². The molecule has 0 saturated carbocycles. The topological polar surface area (TPSA) is 143 Å². The molecule has 2 aliphatic heterocycles. The number of rotatable bonds is 7. The molecule has 0 saturated heterocycles. The highest BCUT2D eigenvalue weighted by atomic mass is 35.5. The average Bonchev–Trinajstić information content (AvgIpc) is 3.59. The molecule has 4 aromatic carbocycles. The number of aliphatic carboxylic acids is 1. The maximum absolute atomic E-state index is 14.1. The Labute approximate surface area is 329 Å². The Morgan fingerprint density at radius 2 is 1.89 bits per heavy atom. The zero-order valence-corrected chi connectivity index (χ0v) is 31.7. The third kappa shape index (κ3) is 7.14. The normalized spacial score (nSPS) is 13.9. The van der Waals surface area contributed by atoms with E-state index in [1.165, 1.54) is 23.5 Å². The van der Waals surface area contributed by atoms with E-state index in [9.17, 15) is 19.5 Å². The number of methoxy groups -OCH3 is 1. The second-order valence-electron chi connectivity index (χ2n) is 13.1. The zero-order chi connectivity index (χ0) is 38.9. The third-order valence-corrected chi connectivity index (χ3v) is 11.2. The smallest absolute Gasteiger partial charge is 0.345 e. The quantitative estimate of drug-likeness (QED) is 0.119. The maximum Gasteiger partial charge on any atom is 0.345 e. The SMILES string of the molecule is COc1ccccc1-c1nccc(COc2ccc3cc2C[C@H](C(=O)O)Oc2c4c(c(-c5ccc(F)cc5)sc4nc[n+]2[O-])-c2ccc(c(Cl)c2C)NCC3)n1. The van der Waals surface area contributed by atoms with E-state index in [-0.39, 0.29) is 18.9 Å². The Morgan fingerprint density at radius 1 is 1.07 bits per heavy atom. The summed E-state index contributed by atoms with van der Waals surface area (Å²) in [6.45, 7) is 2.45. The standard InChI is InChI=1S/C42H33ClFN5O6S/c1-23-29-12-13-31(37(23)43)45-17-15-24-7-14-32(54-21-28-16-18-46-39(48-28)30-5-3-4-6-33(30)53-2)26(19-24)20-34(42(50)51)55-41-36-35(29)38(25-8-10-27(44)11-9-25)56-40(36)47-22-49(41)52/h3-14,16,18-19,22,34,45H,15,17,20-21H2,1-2H3,(H,50,51)/t34-/m1/s1. The van der Waals surface area contributed by atoms with Gasteiger partial charge in [0.2, 0.25) is 10.9 Å². The van der Waals surface area contributed by atoms with Crippen LogP contribution in [0.15, 0.2) is 97.5 Å². The van der Waals surface area contributed by atoms with Gasteiger partial charge in [0.05, 0.1) is 29.1 Å². The number of aromatic nitrogens is 4. The number of fused-ring (bicyclic) bond motifs is 6. The fourth-order valence-electron chi connectivity index (χ4n) is 6.77. The second kappa shape index (κ2) is 15.4. The highest BCUT2D eigenvalue weighted by molar-refractivity contribution is 7.22. The molecule has 2 N–H and O–H groups in total. The average molecular weight is 790 g/mol. The Hall–Kier alpha value is -6.31. The van der Waals surface area contributed by atoms with Crippen molar-refractivity contribution in [1.29, 1.82) is 0 Å². The van der Waals surface area contributed by atoms with Gasteiger partial charge in [-0.3, -0.25) is 0 Å². The van der Waals surface area contributed by atoms with Crippen LogP contribution in [-0.2, 0) is 24.2 Å². The van der Waals surface area contributed by atoms with Crippen molar-refractivity contribution in [2.75, 3.05) is 19.0 Å². The number of carbonyl (C=O) groups is 1. The van der Waals surface area contributed by atoms with Crippen LogP contribution in [-0.4, -0.2) is 45.8 Å². The summed E-state index contributed by atoms with van der Waals surface area (Å²) in [5, 5.41) is 28.5. The summed E-state index contributed by atoms with van der Waals surface area (Å²) in [6, 6.07) is 24.5. The molecule has 11 nitrogen and oxygen atoms in total. The van der Waals surface area contributed by atoms with Gasteiger partial charge in [0.1, 0.15) is 29.3 Å². The molecule has 5 heterocycles. The van der Waals surface area contributed by atoms with Crippen molar-refractivity contribution in [3.05, 3.63) is 136 Å². The molecule has 3 aromatic heterocycles. The van der Waals surface area contributed by atoms with Gasteiger partial charge in [0.25, 0.3) is 6.33 Å². The fourth-order valence-corrected chi connectivity index (χ4v) is 8.16. The van der Waals surface area contributed by atoms with Gasteiger partial charge in [-0.25, -0.2) is 23.9 Å². The molecule has 2 aliphatic rings. The predicted molar refractivity (Wildman–Crippen MR) is 212 cm³/mol. The van der Waals surface area contributed by atoms with Crippen LogP contribution < -0.4 is 24.3 Å². The number of anilines is 1. The lowest BCUT2D eigenvalue weighted by molar-refractivity contribution is -0.615. The maximum atomic E-state index is 14.1. The van der Waals surface area contributed by atoms with Crippen LogP contribution in [0.5, 0.6) is 17.4 Å². The summed E-state index contributed by atoms with van der Waals surface area (Å²) in [5.74, 6) is -0.411. The van der Waals surface area contributed by atoms with Gasteiger partial charge in [-0.15, -0.1) is 0 Å². The Balaban J connectivity index is 1.22. The van der Waals surface area contributed by atoms with E-state index in [4.69, 9.17) is 30.8 Å². The first-order valence-electron chi connectivity index (χ1n) is 17.6. The lowest BCUT2D eigenvalue weighted by atomic mass is 9.95. The number of hydrogen-bond donors (Lipinski definition) is 2. The van der Waals surface area contributed by atoms with E-state index in [0.717, 1.165) is 28.7 Å². The van der Waals surface area contributed by atoms with E-state index < -0.39 is 17.9 Å². The number of carboxylic acids is 1. The van der Waals surface area contributed by atoms with E-state index in [2.05, 4.69) is 15.3 Å². The Bertz CT molecular complexity index is 2620. The van der Waals surface area contributed by atoms with E-state index in [1.54, 1.807) is 37.6 Å². The number of benzene rings is 4. The number of carboxylic acid groups (broad SMARTS) is 1. The molecule has 14 heteroatoms. The van der Waals surface area contributed by atoms with Gasteiger partial charge in [0.15, 0.2) is 5.82 Å². The van der Waals surface area contributed by atoms with Crippen molar-refractivity contribution in [2.24, 2.45) is 0 Å². The van der Waals surface area contributed by atoms with Gasteiger partial charge in [-0.05, 0) is 88.6 Å². The van der Waals surface area contributed by atoms with Crippen LogP contribution in [0.4, 0.5) is 10.1 Å². The fraction of sp³-hybridized carbons (Fsp3) is 0.167. The van der Waals surface area contributed by atoms with Crippen molar-refractivity contribution >= 4 is 44.8 Å². The number of halogens is 2. The minimum atomic E-state index is -1.52. The summed E-state index contributed by atoms with van der Waals surface area (Å²) in [4.78, 5) is 27.7. The van der Waals surface area contributed by atoms with Gasteiger partial charge in [-0.2, -0.15) is 0 Å². The van der Waals surface area contributed by atoms with Crippen molar-refractivity contribution in [2.45, 2.75) is 32.5 Å². The summed E-state index contributed by atoms with van der Waals surface area (Å²) in [5.41, 5.74) is 6.14. The molecule has 0 radical (unpaired) electrons. The van der Waals surface area contributed by atoms with Crippen LogP contribution in [0, 0.1) is 17.9 Å².